The van der Waals surface area contributed by atoms with E-state index in [2.05, 4.69) is 18.9 Å². The van der Waals surface area contributed by atoms with E-state index < -0.39 is 0 Å². The SMILES string of the molecule is CCCCCN(C)CC1(C=O)CCCC1. The number of rotatable bonds is 7. The summed E-state index contributed by atoms with van der Waals surface area (Å²) < 4.78 is 0. The fourth-order valence-corrected chi connectivity index (χ4v) is 2.64. The van der Waals surface area contributed by atoms with Gasteiger partial charge in [0.1, 0.15) is 6.29 Å². The number of carbonyl (C=O) groups is 1. The highest BCUT2D eigenvalue weighted by Gasteiger charge is 2.34. The standard InChI is InChI=1S/C13H25NO/c1-3-4-7-10-14(2)11-13(12-15)8-5-6-9-13/h12H,3-11H2,1-2H3. The molecule has 2 heteroatoms. The largest absolute Gasteiger partial charge is 0.305 e. The van der Waals surface area contributed by atoms with Crippen molar-refractivity contribution in [2.45, 2.75) is 51.9 Å². The van der Waals surface area contributed by atoms with Crippen molar-refractivity contribution >= 4 is 6.29 Å². The molecule has 0 amide bonds. The maximum Gasteiger partial charge on any atom is 0.127 e. The molecule has 0 aromatic heterocycles. The first-order valence-corrected chi connectivity index (χ1v) is 6.37. The van der Waals surface area contributed by atoms with Crippen LogP contribution < -0.4 is 0 Å². The molecule has 2 nitrogen and oxygen atoms in total. The average molecular weight is 211 g/mol. The van der Waals surface area contributed by atoms with Crippen LogP contribution >= 0.6 is 0 Å². The average Bonchev–Trinajstić information content (AvgIpc) is 2.67. The summed E-state index contributed by atoms with van der Waals surface area (Å²) in [6.45, 7) is 4.34. The Morgan fingerprint density at radius 3 is 2.47 bits per heavy atom. The molecular weight excluding hydrogens is 186 g/mol. The predicted octanol–water partition coefficient (Wildman–Crippen LogP) is 2.87. The third kappa shape index (κ3) is 3.94. The van der Waals surface area contributed by atoms with Crippen LogP contribution in [-0.4, -0.2) is 31.3 Å². The molecule has 0 bridgehead atoms. The summed E-state index contributed by atoms with van der Waals surface area (Å²) in [5.41, 5.74) is 0.000957. The second kappa shape index (κ2) is 6.26. The molecule has 0 saturated heterocycles. The Bertz CT molecular complexity index is 185. The number of unbranched alkanes of at least 4 members (excludes halogenated alkanes) is 2. The van der Waals surface area contributed by atoms with Gasteiger partial charge in [-0.15, -0.1) is 0 Å². The van der Waals surface area contributed by atoms with Crippen molar-refractivity contribution in [3.63, 3.8) is 0 Å². The predicted molar refractivity (Wildman–Crippen MR) is 64.0 cm³/mol. The van der Waals surface area contributed by atoms with Gasteiger partial charge in [0, 0.05) is 12.0 Å². The first kappa shape index (κ1) is 12.7. The molecule has 1 saturated carbocycles. The molecule has 15 heavy (non-hydrogen) atoms. The summed E-state index contributed by atoms with van der Waals surface area (Å²) in [6, 6.07) is 0. The van der Waals surface area contributed by atoms with Crippen LogP contribution in [0.25, 0.3) is 0 Å². The molecule has 88 valence electrons. The number of carbonyl (C=O) groups excluding carboxylic acids is 1. The highest BCUT2D eigenvalue weighted by molar-refractivity contribution is 5.60. The molecule has 1 aliphatic rings. The summed E-state index contributed by atoms with van der Waals surface area (Å²) in [7, 11) is 2.15. The molecule has 0 aliphatic heterocycles. The van der Waals surface area contributed by atoms with Gasteiger partial charge in [0.15, 0.2) is 0 Å². The van der Waals surface area contributed by atoms with Crippen molar-refractivity contribution in [2.75, 3.05) is 20.1 Å². The van der Waals surface area contributed by atoms with Crippen molar-refractivity contribution in [2.24, 2.45) is 5.41 Å². The van der Waals surface area contributed by atoms with Crippen molar-refractivity contribution in [1.82, 2.24) is 4.90 Å². The Kier molecular flexibility index (Phi) is 5.30. The topological polar surface area (TPSA) is 20.3 Å². The summed E-state index contributed by atoms with van der Waals surface area (Å²) in [4.78, 5) is 13.5. The zero-order valence-electron chi connectivity index (χ0n) is 10.3. The van der Waals surface area contributed by atoms with Crippen LogP contribution in [-0.2, 0) is 4.79 Å². The lowest BCUT2D eigenvalue weighted by Gasteiger charge is -2.28. The van der Waals surface area contributed by atoms with E-state index in [1.54, 1.807) is 0 Å². The number of aldehydes is 1. The number of hydrogen-bond donors (Lipinski definition) is 0. The number of hydrogen-bond acceptors (Lipinski definition) is 2. The second-order valence-electron chi connectivity index (χ2n) is 5.13. The molecule has 0 N–H and O–H groups in total. The molecule has 1 aliphatic carbocycles. The fraction of sp³-hybridized carbons (Fsp3) is 0.923. The van der Waals surface area contributed by atoms with Crippen LogP contribution in [0.2, 0.25) is 0 Å². The molecule has 0 spiro atoms. The van der Waals surface area contributed by atoms with Gasteiger partial charge in [0.2, 0.25) is 0 Å². The van der Waals surface area contributed by atoms with E-state index in [0.29, 0.717) is 0 Å². The minimum Gasteiger partial charge on any atom is -0.305 e. The van der Waals surface area contributed by atoms with Crippen LogP contribution in [0.5, 0.6) is 0 Å². The van der Waals surface area contributed by atoms with Gasteiger partial charge in [-0.1, -0.05) is 32.6 Å². The number of nitrogens with zero attached hydrogens (tertiary/aromatic N) is 1. The molecule has 0 aromatic carbocycles. The van der Waals surface area contributed by atoms with Crippen LogP contribution in [0, 0.1) is 5.41 Å². The summed E-state index contributed by atoms with van der Waals surface area (Å²) in [5.74, 6) is 0. The highest BCUT2D eigenvalue weighted by atomic mass is 16.1. The van der Waals surface area contributed by atoms with E-state index in [-0.39, 0.29) is 5.41 Å². The Balaban J connectivity index is 2.28. The summed E-state index contributed by atoms with van der Waals surface area (Å²) in [6.07, 6.45) is 9.75. The molecular formula is C13H25NO. The lowest BCUT2D eigenvalue weighted by Crippen LogP contribution is -2.35. The van der Waals surface area contributed by atoms with Gasteiger partial charge < -0.3 is 9.69 Å². The van der Waals surface area contributed by atoms with Crippen LogP contribution in [0.4, 0.5) is 0 Å². The van der Waals surface area contributed by atoms with Gasteiger partial charge in [-0.05, 0) is 32.9 Å². The van der Waals surface area contributed by atoms with Gasteiger partial charge in [0.05, 0.1) is 0 Å². The minimum absolute atomic E-state index is 0.000957. The first-order valence-electron chi connectivity index (χ1n) is 6.37. The molecule has 0 heterocycles. The first-order chi connectivity index (χ1) is 7.22. The van der Waals surface area contributed by atoms with Gasteiger partial charge >= 0.3 is 0 Å². The lowest BCUT2D eigenvalue weighted by atomic mass is 9.87. The molecule has 0 atom stereocenters. The van der Waals surface area contributed by atoms with E-state index >= 15 is 0 Å². The Morgan fingerprint density at radius 2 is 1.93 bits per heavy atom. The zero-order valence-corrected chi connectivity index (χ0v) is 10.3. The van der Waals surface area contributed by atoms with E-state index in [0.717, 1.165) is 25.9 Å². The maximum atomic E-state index is 11.2. The smallest absolute Gasteiger partial charge is 0.127 e. The van der Waals surface area contributed by atoms with E-state index in [9.17, 15) is 4.79 Å². The summed E-state index contributed by atoms with van der Waals surface area (Å²) >= 11 is 0. The van der Waals surface area contributed by atoms with E-state index in [1.165, 1.54) is 38.4 Å². The Labute approximate surface area is 94.0 Å². The fourth-order valence-electron chi connectivity index (χ4n) is 2.64. The quantitative estimate of drug-likeness (QED) is 0.477. The third-order valence-electron chi connectivity index (χ3n) is 3.58. The van der Waals surface area contributed by atoms with Crippen molar-refractivity contribution in [3.8, 4) is 0 Å². The zero-order chi connectivity index (χ0) is 11.1. The Hall–Kier alpha value is -0.370. The highest BCUT2D eigenvalue weighted by Crippen LogP contribution is 2.36. The van der Waals surface area contributed by atoms with Gasteiger partial charge in [0.25, 0.3) is 0 Å². The van der Waals surface area contributed by atoms with E-state index in [4.69, 9.17) is 0 Å². The molecule has 1 fully saturated rings. The minimum atomic E-state index is 0.000957. The molecule has 0 radical (unpaired) electrons. The van der Waals surface area contributed by atoms with Crippen LogP contribution in [0.1, 0.15) is 51.9 Å². The normalized spacial score (nSPS) is 19.7. The van der Waals surface area contributed by atoms with Crippen molar-refractivity contribution < 1.29 is 4.79 Å². The van der Waals surface area contributed by atoms with Gasteiger partial charge in [-0.25, -0.2) is 0 Å². The van der Waals surface area contributed by atoms with Gasteiger partial charge in [-0.2, -0.15) is 0 Å². The molecule has 0 unspecified atom stereocenters. The van der Waals surface area contributed by atoms with Gasteiger partial charge in [-0.3, -0.25) is 0 Å². The second-order valence-corrected chi connectivity index (χ2v) is 5.13. The van der Waals surface area contributed by atoms with Crippen molar-refractivity contribution in [1.29, 1.82) is 0 Å². The monoisotopic (exact) mass is 211 g/mol. The maximum absolute atomic E-state index is 11.2. The lowest BCUT2D eigenvalue weighted by molar-refractivity contribution is -0.116. The molecule has 1 rings (SSSR count). The van der Waals surface area contributed by atoms with Crippen LogP contribution in [0.3, 0.4) is 0 Å². The summed E-state index contributed by atoms with van der Waals surface area (Å²) in [5, 5.41) is 0. The third-order valence-corrected chi connectivity index (χ3v) is 3.58. The van der Waals surface area contributed by atoms with E-state index in [1.807, 2.05) is 0 Å². The Morgan fingerprint density at radius 1 is 1.27 bits per heavy atom. The van der Waals surface area contributed by atoms with Crippen molar-refractivity contribution in [3.05, 3.63) is 0 Å². The molecule has 0 aromatic rings. The van der Waals surface area contributed by atoms with Crippen LogP contribution in [0.15, 0.2) is 0 Å².